The summed E-state index contributed by atoms with van der Waals surface area (Å²) >= 11 is 0. The van der Waals surface area contributed by atoms with E-state index in [0.717, 1.165) is 5.56 Å². The van der Waals surface area contributed by atoms with Gasteiger partial charge in [0.1, 0.15) is 23.6 Å². The number of hydrogen-bond acceptors (Lipinski definition) is 3. The van der Waals surface area contributed by atoms with Crippen LogP contribution in [0.25, 0.3) is 0 Å². The Labute approximate surface area is 131 Å². The molecule has 0 saturated carbocycles. The first-order chi connectivity index (χ1) is 11.0. The summed E-state index contributed by atoms with van der Waals surface area (Å²) in [6.45, 7) is 1.76. The van der Waals surface area contributed by atoms with Crippen molar-refractivity contribution in [2.75, 3.05) is 0 Å². The fourth-order valence-electron chi connectivity index (χ4n) is 2.58. The Morgan fingerprint density at radius 1 is 1.13 bits per heavy atom. The number of H-pyrrole nitrogens is 1. The summed E-state index contributed by atoms with van der Waals surface area (Å²) in [5.74, 6) is -0.637. The van der Waals surface area contributed by atoms with Crippen LogP contribution in [-0.4, -0.2) is 20.3 Å². The topological polar surface area (TPSA) is 61.8 Å². The van der Waals surface area contributed by atoms with E-state index in [1.54, 1.807) is 13.0 Å². The van der Waals surface area contributed by atoms with E-state index in [2.05, 4.69) is 15.2 Å². The van der Waals surface area contributed by atoms with E-state index in [0.29, 0.717) is 11.4 Å². The van der Waals surface area contributed by atoms with Gasteiger partial charge >= 0.3 is 0 Å². The third-order valence-corrected chi connectivity index (χ3v) is 3.77. The third-order valence-electron chi connectivity index (χ3n) is 3.77. The first kappa shape index (κ1) is 15.3. The second-order valence-corrected chi connectivity index (χ2v) is 5.44. The normalized spacial score (nSPS) is 13.7. The van der Waals surface area contributed by atoms with Crippen molar-refractivity contribution in [2.24, 2.45) is 0 Å². The molecule has 0 saturated heterocycles. The zero-order chi connectivity index (χ0) is 16.4. The molecule has 1 heterocycles. The molecule has 23 heavy (non-hydrogen) atoms. The van der Waals surface area contributed by atoms with E-state index in [1.165, 1.54) is 42.7 Å². The Morgan fingerprint density at radius 3 is 2.48 bits per heavy atom. The third kappa shape index (κ3) is 2.98. The lowest BCUT2D eigenvalue weighted by Gasteiger charge is -2.29. The standard InChI is InChI=1S/C17H15F2N3O/c1-11-2-7-14(15(19)8-11)17(23,9-16-20-10-21-22-16)12-3-5-13(18)6-4-12/h2-8,10,23H,9H2,1H3,(H,20,21,22). The van der Waals surface area contributed by atoms with Gasteiger partial charge in [0.25, 0.3) is 0 Å². The summed E-state index contributed by atoms with van der Waals surface area (Å²) in [7, 11) is 0. The molecule has 3 aromatic rings. The Morgan fingerprint density at radius 2 is 1.87 bits per heavy atom. The predicted molar refractivity (Wildman–Crippen MR) is 80.6 cm³/mol. The van der Waals surface area contributed by atoms with E-state index in [9.17, 15) is 13.9 Å². The molecule has 2 N–H and O–H groups in total. The number of benzene rings is 2. The maximum absolute atomic E-state index is 14.5. The monoisotopic (exact) mass is 315 g/mol. The minimum Gasteiger partial charge on any atom is -0.380 e. The lowest BCUT2D eigenvalue weighted by molar-refractivity contribution is 0.0749. The molecule has 2 aromatic carbocycles. The summed E-state index contributed by atoms with van der Waals surface area (Å²) in [5.41, 5.74) is -0.496. The second kappa shape index (κ2) is 5.89. The van der Waals surface area contributed by atoms with Crippen molar-refractivity contribution in [2.45, 2.75) is 18.9 Å². The van der Waals surface area contributed by atoms with Crippen LogP contribution < -0.4 is 0 Å². The van der Waals surface area contributed by atoms with Crippen LogP contribution in [0, 0.1) is 18.6 Å². The molecule has 0 aliphatic rings. The molecule has 0 radical (unpaired) electrons. The van der Waals surface area contributed by atoms with Crippen LogP contribution in [0.4, 0.5) is 8.78 Å². The number of nitrogens with zero attached hydrogens (tertiary/aromatic N) is 2. The van der Waals surface area contributed by atoms with Crippen LogP contribution in [0.2, 0.25) is 0 Å². The first-order valence-electron chi connectivity index (χ1n) is 7.09. The number of nitrogens with one attached hydrogen (secondary N) is 1. The molecule has 3 rings (SSSR count). The first-order valence-corrected chi connectivity index (χ1v) is 7.09. The summed E-state index contributed by atoms with van der Waals surface area (Å²) in [6.07, 6.45) is 1.34. The van der Waals surface area contributed by atoms with Gasteiger partial charge in [-0.25, -0.2) is 13.8 Å². The molecule has 0 aliphatic carbocycles. The molecule has 1 atom stereocenters. The Bertz CT molecular complexity index is 803. The van der Waals surface area contributed by atoms with Gasteiger partial charge in [0.05, 0.1) is 0 Å². The molecule has 1 unspecified atom stereocenters. The smallest absolute Gasteiger partial charge is 0.153 e. The van der Waals surface area contributed by atoms with Crippen molar-refractivity contribution in [3.8, 4) is 0 Å². The summed E-state index contributed by atoms with van der Waals surface area (Å²) in [4.78, 5) is 3.99. The molecular weight excluding hydrogens is 300 g/mol. The fourth-order valence-corrected chi connectivity index (χ4v) is 2.58. The van der Waals surface area contributed by atoms with Crippen molar-refractivity contribution in [1.29, 1.82) is 0 Å². The van der Waals surface area contributed by atoms with E-state index in [4.69, 9.17) is 0 Å². The highest BCUT2D eigenvalue weighted by Gasteiger charge is 2.35. The number of aromatic amines is 1. The van der Waals surface area contributed by atoms with Crippen molar-refractivity contribution in [3.63, 3.8) is 0 Å². The Hall–Kier alpha value is -2.60. The molecule has 0 fully saturated rings. The number of aromatic nitrogens is 3. The average Bonchev–Trinajstić information content (AvgIpc) is 3.00. The lowest BCUT2D eigenvalue weighted by atomic mass is 9.82. The largest absolute Gasteiger partial charge is 0.380 e. The highest BCUT2D eigenvalue weighted by Crippen LogP contribution is 2.34. The van der Waals surface area contributed by atoms with Crippen LogP contribution in [0.3, 0.4) is 0 Å². The van der Waals surface area contributed by atoms with Crippen LogP contribution in [-0.2, 0) is 12.0 Å². The van der Waals surface area contributed by atoms with Crippen molar-refractivity contribution < 1.29 is 13.9 Å². The zero-order valence-electron chi connectivity index (χ0n) is 12.4. The van der Waals surface area contributed by atoms with Gasteiger partial charge in [-0.15, -0.1) is 0 Å². The molecule has 1 aromatic heterocycles. The van der Waals surface area contributed by atoms with Crippen molar-refractivity contribution in [3.05, 3.63) is 82.9 Å². The van der Waals surface area contributed by atoms with Gasteiger partial charge in [0.2, 0.25) is 0 Å². The Balaban J connectivity index is 2.14. The van der Waals surface area contributed by atoms with Crippen LogP contribution in [0.15, 0.2) is 48.8 Å². The summed E-state index contributed by atoms with van der Waals surface area (Å²) < 4.78 is 27.7. The van der Waals surface area contributed by atoms with Crippen molar-refractivity contribution >= 4 is 0 Å². The summed E-state index contributed by atoms with van der Waals surface area (Å²) in [6, 6.07) is 9.91. The Kier molecular flexibility index (Phi) is 3.92. The molecule has 6 heteroatoms. The molecule has 118 valence electrons. The van der Waals surface area contributed by atoms with Gasteiger partial charge in [0, 0.05) is 12.0 Å². The molecule has 0 aliphatic heterocycles. The molecular formula is C17H15F2N3O. The molecule has 0 amide bonds. The van der Waals surface area contributed by atoms with E-state index >= 15 is 0 Å². The van der Waals surface area contributed by atoms with Gasteiger partial charge in [-0.1, -0.05) is 24.3 Å². The number of hydrogen-bond donors (Lipinski definition) is 2. The van der Waals surface area contributed by atoms with E-state index < -0.39 is 17.2 Å². The number of halogens is 2. The fraction of sp³-hybridized carbons (Fsp3) is 0.176. The van der Waals surface area contributed by atoms with E-state index in [-0.39, 0.29) is 12.0 Å². The van der Waals surface area contributed by atoms with Crippen LogP contribution in [0.5, 0.6) is 0 Å². The minimum atomic E-state index is -1.70. The SMILES string of the molecule is Cc1ccc(C(O)(Cc2nc[nH]n2)c2ccc(F)cc2)c(F)c1. The van der Waals surface area contributed by atoms with Crippen LogP contribution in [0.1, 0.15) is 22.5 Å². The zero-order valence-corrected chi connectivity index (χ0v) is 12.4. The van der Waals surface area contributed by atoms with Gasteiger partial charge < -0.3 is 5.11 Å². The maximum Gasteiger partial charge on any atom is 0.153 e. The van der Waals surface area contributed by atoms with Crippen molar-refractivity contribution in [1.82, 2.24) is 15.2 Å². The highest BCUT2D eigenvalue weighted by atomic mass is 19.1. The predicted octanol–water partition coefficient (Wildman–Crippen LogP) is 2.87. The van der Waals surface area contributed by atoms with Gasteiger partial charge in [-0.2, -0.15) is 5.10 Å². The minimum absolute atomic E-state index is 0.0396. The number of rotatable bonds is 4. The maximum atomic E-state index is 14.5. The van der Waals surface area contributed by atoms with Gasteiger partial charge in [0.15, 0.2) is 5.82 Å². The molecule has 0 bridgehead atoms. The lowest BCUT2D eigenvalue weighted by Crippen LogP contribution is -2.32. The quantitative estimate of drug-likeness (QED) is 0.778. The summed E-state index contributed by atoms with van der Waals surface area (Å²) in [5, 5.41) is 17.7. The highest BCUT2D eigenvalue weighted by molar-refractivity contribution is 5.39. The second-order valence-electron chi connectivity index (χ2n) is 5.44. The number of aryl methyl sites for hydroxylation is 1. The van der Waals surface area contributed by atoms with Gasteiger partial charge in [-0.05, 0) is 36.2 Å². The average molecular weight is 315 g/mol. The molecule has 0 spiro atoms. The van der Waals surface area contributed by atoms with E-state index in [1.807, 2.05) is 0 Å². The number of aliphatic hydroxyl groups is 1. The molecule has 4 nitrogen and oxygen atoms in total. The van der Waals surface area contributed by atoms with Gasteiger partial charge in [-0.3, -0.25) is 5.10 Å². The van der Waals surface area contributed by atoms with Crippen LogP contribution >= 0.6 is 0 Å².